The fourth-order valence-corrected chi connectivity index (χ4v) is 1.95. The maximum absolute atomic E-state index is 11.4. The Kier molecular flexibility index (Phi) is 18.3. The molecule has 0 radical (unpaired) electrons. The summed E-state index contributed by atoms with van der Waals surface area (Å²) in [4.78, 5) is 22.7. The molecule has 0 aromatic rings. The summed E-state index contributed by atoms with van der Waals surface area (Å²) in [5.74, 6) is -0.895. The zero-order chi connectivity index (χ0) is 15.2. The monoisotopic (exact) mass is 309 g/mol. The van der Waals surface area contributed by atoms with E-state index >= 15 is 0 Å². The van der Waals surface area contributed by atoms with E-state index in [1.165, 1.54) is 44.9 Å². The van der Waals surface area contributed by atoms with Crippen molar-refractivity contribution in [2.45, 2.75) is 84.1 Å². The number of rotatable bonds is 12. The zero-order valence-corrected chi connectivity index (χ0v) is 16.4. The molecule has 0 saturated heterocycles. The summed E-state index contributed by atoms with van der Waals surface area (Å²) in [7, 11) is 1.66. The van der Waals surface area contributed by atoms with Crippen molar-refractivity contribution < 1.29 is 45.3 Å². The van der Waals surface area contributed by atoms with Gasteiger partial charge in [-0.1, -0.05) is 58.3 Å². The second-order valence-electron chi connectivity index (χ2n) is 5.38. The molecule has 0 aliphatic heterocycles. The molecule has 0 fully saturated rings. The molecule has 0 aliphatic rings. The van der Waals surface area contributed by atoms with E-state index in [0.717, 1.165) is 12.8 Å². The molecule has 0 aromatic carbocycles. The molecule has 0 aromatic heterocycles. The fourth-order valence-electron chi connectivity index (χ4n) is 1.95. The van der Waals surface area contributed by atoms with E-state index in [4.69, 9.17) is 4.74 Å². The van der Waals surface area contributed by atoms with Gasteiger partial charge in [0.25, 0.3) is 0 Å². The average molecular weight is 309 g/mol. The third-order valence-electron chi connectivity index (χ3n) is 3.49. The van der Waals surface area contributed by atoms with E-state index in [1.807, 2.05) is 0 Å². The van der Waals surface area contributed by atoms with Gasteiger partial charge in [-0.25, -0.2) is 4.79 Å². The molecule has 120 valence electrons. The molecule has 0 amide bonds. The largest absolute Gasteiger partial charge is 1.00 e. The smallest absolute Gasteiger partial charge is 1.00 e. The maximum atomic E-state index is 11.4. The maximum Gasteiger partial charge on any atom is 1.00 e. The van der Waals surface area contributed by atoms with Gasteiger partial charge in [-0.15, -0.1) is 0 Å². The summed E-state index contributed by atoms with van der Waals surface area (Å²) >= 11 is 0. The molecule has 1 atom stereocenters. The van der Waals surface area contributed by atoms with Crippen molar-refractivity contribution in [3.63, 3.8) is 0 Å². The van der Waals surface area contributed by atoms with Gasteiger partial charge in [0.1, 0.15) is 6.04 Å². The predicted octanol–water partition coefficient (Wildman–Crippen LogP) is 0.702. The van der Waals surface area contributed by atoms with Gasteiger partial charge in [0.15, 0.2) is 0 Å². The van der Waals surface area contributed by atoms with Crippen LogP contribution in [0.3, 0.4) is 0 Å². The van der Waals surface area contributed by atoms with Crippen LogP contribution in [0.1, 0.15) is 79.5 Å². The third kappa shape index (κ3) is 14.8. The van der Waals surface area contributed by atoms with Crippen LogP contribution in [0.2, 0.25) is 0 Å². The quantitative estimate of drug-likeness (QED) is 0.250. The number of likely N-dealkylation sites (N-methyl/N-ethyl adjacent to an activating group) is 1. The van der Waals surface area contributed by atoms with Crippen LogP contribution in [0.5, 0.6) is 0 Å². The minimum Gasteiger partial charge on any atom is -1.00 e. The van der Waals surface area contributed by atoms with Crippen LogP contribution < -0.4 is 34.9 Å². The Labute approximate surface area is 153 Å². The minimum absolute atomic E-state index is 0. The summed E-state index contributed by atoms with van der Waals surface area (Å²) in [5, 5.41) is 2.75. The standard InChI is InChI=1S/C16H31NO3.Na.H/c1-4-5-6-7-8-9-10-11-12-13-15(18)20-16(19)14(2)17-3;;/h14,17H,4-13H2,1-3H3;;/q;+1;-1/t14-;;/m0../s1. The number of carbonyl (C=O) groups is 2. The Morgan fingerprint density at radius 3 is 1.95 bits per heavy atom. The molecule has 0 spiro atoms. The van der Waals surface area contributed by atoms with Crippen LogP contribution in [0.4, 0.5) is 0 Å². The summed E-state index contributed by atoms with van der Waals surface area (Å²) in [6, 6.07) is -0.429. The van der Waals surface area contributed by atoms with Crippen molar-refractivity contribution in [3.8, 4) is 0 Å². The summed E-state index contributed by atoms with van der Waals surface area (Å²) in [6.45, 7) is 3.90. The van der Waals surface area contributed by atoms with E-state index in [-0.39, 0.29) is 31.0 Å². The molecule has 0 rings (SSSR count). The summed E-state index contributed by atoms with van der Waals surface area (Å²) in [5.41, 5.74) is 0. The van der Waals surface area contributed by atoms with Gasteiger partial charge in [-0.3, -0.25) is 4.79 Å². The van der Waals surface area contributed by atoms with Crippen LogP contribution in [0.25, 0.3) is 0 Å². The van der Waals surface area contributed by atoms with Crippen molar-refractivity contribution in [2.24, 2.45) is 0 Å². The number of unbranched alkanes of at least 4 members (excludes halogenated alkanes) is 8. The Hall–Kier alpha value is 0.1000. The average Bonchev–Trinajstić information content (AvgIpc) is 2.44. The van der Waals surface area contributed by atoms with E-state index in [2.05, 4.69) is 12.2 Å². The van der Waals surface area contributed by atoms with E-state index < -0.39 is 18.0 Å². The van der Waals surface area contributed by atoms with Crippen molar-refractivity contribution in [1.82, 2.24) is 5.32 Å². The molecule has 4 nitrogen and oxygen atoms in total. The summed E-state index contributed by atoms with van der Waals surface area (Å²) < 4.78 is 4.73. The Morgan fingerprint density at radius 2 is 1.48 bits per heavy atom. The number of hydrogen-bond acceptors (Lipinski definition) is 4. The molecular weight excluding hydrogens is 277 g/mol. The van der Waals surface area contributed by atoms with E-state index in [1.54, 1.807) is 14.0 Å². The second-order valence-corrected chi connectivity index (χ2v) is 5.38. The number of hydrogen-bond donors (Lipinski definition) is 1. The van der Waals surface area contributed by atoms with Crippen molar-refractivity contribution in [3.05, 3.63) is 0 Å². The summed E-state index contributed by atoms with van der Waals surface area (Å²) in [6.07, 6.45) is 11.2. The van der Waals surface area contributed by atoms with Gasteiger partial charge < -0.3 is 11.5 Å². The van der Waals surface area contributed by atoms with Crippen molar-refractivity contribution in [2.75, 3.05) is 7.05 Å². The first-order chi connectivity index (χ1) is 9.61. The van der Waals surface area contributed by atoms with Gasteiger partial charge in [0.2, 0.25) is 0 Å². The predicted molar refractivity (Wildman–Crippen MR) is 82.6 cm³/mol. The van der Waals surface area contributed by atoms with E-state index in [9.17, 15) is 9.59 Å². The second kappa shape index (κ2) is 16.5. The minimum atomic E-state index is -0.492. The number of carbonyl (C=O) groups excluding carboxylic acids is 2. The third-order valence-corrected chi connectivity index (χ3v) is 3.49. The van der Waals surface area contributed by atoms with Crippen LogP contribution in [-0.2, 0) is 14.3 Å². The van der Waals surface area contributed by atoms with Crippen molar-refractivity contribution >= 4 is 11.9 Å². The van der Waals surface area contributed by atoms with Gasteiger partial charge in [0, 0.05) is 6.42 Å². The molecule has 0 aliphatic carbocycles. The van der Waals surface area contributed by atoms with Gasteiger partial charge >= 0.3 is 41.5 Å². The van der Waals surface area contributed by atoms with Crippen molar-refractivity contribution in [1.29, 1.82) is 0 Å². The number of ether oxygens (including phenoxy) is 1. The Balaban J connectivity index is -0.00000180. The van der Waals surface area contributed by atoms with E-state index in [0.29, 0.717) is 6.42 Å². The van der Waals surface area contributed by atoms with Gasteiger partial charge in [0.05, 0.1) is 0 Å². The number of nitrogens with one attached hydrogen (secondary N) is 1. The molecule has 21 heavy (non-hydrogen) atoms. The molecule has 1 N–H and O–H groups in total. The van der Waals surface area contributed by atoms with Gasteiger partial charge in [-0.2, -0.15) is 0 Å². The van der Waals surface area contributed by atoms with Gasteiger partial charge in [-0.05, 0) is 20.4 Å². The molecule has 0 saturated carbocycles. The molecule has 5 heteroatoms. The Bertz CT molecular complexity index is 278. The Morgan fingerprint density at radius 1 is 1.00 bits per heavy atom. The fraction of sp³-hybridized carbons (Fsp3) is 0.875. The number of esters is 2. The first-order valence-corrected chi connectivity index (χ1v) is 8.03. The molecule has 0 heterocycles. The SMILES string of the molecule is CCCCCCCCCCCC(=O)OC(=O)[C@H](C)NC.[H-].[Na+]. The first-order valence-electron chi connectivity index (χ1n) is 8.03. The van der Waals surface area contributed by atoms with Crippen LogP contribution >= 0.6 is 0 Å². The molecular formula is C16H32NNaO3. The van der Waals surface area contributed by atoms with Crippen LogP contribution in [-0.4, -0.2) is 25.0 Å². The topological polar surface area (TPSA) is 55.4 Å². The molecule has 0 bridgehead atoms. The zero-order valence-electron chi connectivity index (χ0n) is 15.4. The van der Waals surface area contributed by atoms with Crippen LogP contribution in [0, 0.1) is 0 Å². The first kappa shape index (κ1) is 23.4. The van der Waals surface area contributed by atoms with Crippen LogP contribution in [0.15, 0.2) is 0 Å². The molecule has 0 unspecified atom stereocenters. The normalized spacial score (nSPS) is 11.6.